The zero-order valence-corrected chi connectivity index (χ0v) is 11.0. The maximum absolute atomic E-state index is 11.4. The van der Waals surface area contributed by atoms with Crippen molar-refractivity contribution in [3.05, 3.63) is 24.3 Å². The zero-order valence-electron chi connectivity index (χ0n) is 11.0. The number of aromatic amines is 1. The van der Waals surface area contributed by atoms with E-state index in [0.29, 0.717) is 6.61 Å². The van der Waals surface area contributed by atoms with Gasteiger partial charge in [-0.3, -0.25) is 0 Å². The Balaban J connectivity index is 2.30. The van der Waals surface area contributed by atoms with Crippen LogP contribution in [0, 0.1) is 0 Å². The molecule has 0 spiro atoms. The molecule has 1 amide bonds. The first kappa shape index (κ1) is 13.4. The van der Waals surface area contributed by atoms with E-state index < -0.39 is 12.3 Å². The highest BCUT2D eigenvalue weighted by molar-refractivity contribution is 5.87. The Kier molecular flexibility index (Phi) is 4.01. The van der Waals surface area contributed by atoms with Crippen LogP contribution in [0.2, 0.25) is 0 Å². The lowest BCUT2D eigenvalue weighted by Crippen LogP contribution is -2.40. The molecule has 0 aliphatic carbocycles. The van der Waals surface area contributed by atoms with Crippen molar-refractivity contribution in [3.8, 4) is 0 Å². The highest BCUT2D eigenvalue weighted by Gasteiger charge is 2.24. The van der Waals surface area contributed by atoms with Gasteiger partial charge in [-0.25, -0.2) is 14.7 Å². The number of carboxylic acid groups (broad SMARTS) is 1. The number of imidazole rings is 1. The first-order valence-corrected chi connectivity index (χ1v) is 6.22. The topological polar surface area (TPSA) is 78.4 Å². The van der Waals surface area contributed by atoms with Crippen LogP contribution in [0.25, 0.3) is 11.0 Å². The average molecular weight is 263 g/mol. The summed E-state index contributed by atoms with van der Waals surface area (Å²) < 4.78 is 5.45. The van der Waals surface area contributed by atoms with Crippen molar-refractivity contribution in [2.45, 2.75) is 26.5 Å². The van der Waals surface area contributed by atoms with E-state index in [4.69, 9.17) is 4.74 Å². The van der Waals surface area contributed by atoms with Crippen molar-refractivity contribution >= 4 is 23.1 Å². The van der Waals surface area contributed by atoms with Gasteiger partial charge in [-0.1, -0.05) is 19.1 Å². The van der Waals surface area contributed by atoms with Crippen LogP contribution in [0.3, 0.4) is 0 Å². The molecule has 0 bridgehead atoms. The minimum absolute atomic E-state index is 0.275. The summed E-state index contributed by atoms with van der Waals surface area (Å²) in [5.41, 5.74) is 1.53. The molecule has 0 aliphatic heterocycles. The van der Waals surface area contributed by atoms with Gasteiger partial charge >= 0.3 is 6.09 Å². The fourth-order valence-electron chi connectivity index (χ4n) is 1.83. The number of amides is 1. The van der Waals surface area contributed by atoms with Crippen LogP contribution >= 0.6 is 0 Å². The average Bonchev–Trinajstić information content (AvgIpc) is 2.79. The third-order valence-corrected chi connectivity index (χ3v) is 2.74. The van der Waals surface area contributed by atoms with E-state index in [1.807, 2.05) is 31.2 Å². The molecule has 19 heavy (non-hydrogen) atoms. The number of fused-ring (bicyclic) bond motifs is 1. The lowest BCUT2D eigenvalue weighted by molar-refractivity contribution is 0.0623. The predicted octanol–water partition coefficient (Wildman–Crippen LogP) is 2.82. The number of nitrogens with zero attached hydrogens (tertiary/aromatic N) is 2. The van der Waals surface area contributed by atoms with E-state index in [2.05, 4.69) is 9.97 Å². The normalized spacial score (nSPS) is 12.5. The molecule has 102 valence electrons. The van der Waals surface area contributed by atoms with Crippen LogP contribution < -0.4 is 4.90 Å². The minimum Gasteiger partial charge on any atom is -0.465 e. The molecule has 2 aromatic rings. The number of ether oxygens (including phenoxy) is 1. The summed E-state index contributed by atoms with van der Waals surface area (Å²) >= 11 is 0. The van der Waals surface area contributed by atoms with Gasteiger partial charge in [0, 0.05) is 6.61 Å². The Morgan fingerprint density at radius 2 is 2.26 bits per heavy atom. The second-order valence-electron chi connectivity index (χ2n) is 4.20. The number of H-pyrrole nitrogens is 1. The van der Waals surface area contributed by atoms with Gasteiger partial charge in [-0.2, -0.15) is 0 Å². The molecule has 1 aromatic heterocycles. The highest BCUT2D eigenvalue weighted by Crippen LogP contribution is 2.19. The SMILES string of the molecule is CCCOC(C)N(C(=O)O)c1nc2ccccc2[nH]1. The maximum Gasteiger partial charge on any atom is 0.416 e. The van der Waals surface area contributed by atoms with E-state index in [0.717, 1.165) is 22.4 Å². The van der Waals surface area contributed by atoms with Crippen molar-refractivity contribution in [1.82, 2.24) is 9.97 Å². The van der Waals surface area contributed by atoms with E-state index in [-0.39, 0.29) is 5.95 Å². The van der Waals surface area contributed by atoms with Crippen molar-refractivity contribution in [2.24, 2.45) is 0 Å². The molecule has 1 heterocycles. The quantitative estimate of drug-likeness (QED) is 0.813. The number of anilines is 1. The van der Waals surface area contributed by atoms with Gasteiger partial charge in [-0.15, -0.1) is 0 Å². The molecule has 0 saturated heterocycles. The molecule has 0 radical (unpaired) electrons. The van der Waals surface area contributed by atoms with Gasteiger partial charge in [0.05, 0.1) is 11.0 Å². The number of hydrogen-bond donors (Lipinski definition) is 2. The molecule has 6 heteroatoms. The third kappa shape index (κ3) is 2.85. The molecule has 6 nitrogen and oxygen atoms in total. The Morgan fingerprint density at radius 3 is 2.89 bits per heavy atom. The first-order valence-electron chi connectivity index (χ1n) is 6.22. The largest absolute Gasteiger partial charge is 0.465 e. The fourth-order valence-corrected chi connectivity index (χ4v) is 1.83. The predicted molar refractivity (Wildman–Crippen MR) is 72.3 cm³/mol. The summed E-state index contributed by atoms with van der Waals surface area (Å²) in [6, 6.07) is 7.40. The number of nitrogens with one attached hydrogen (secondary N) is 1. The number of rotatable bonds is 5. The van der Waals surface area contributed by atoms with E-state index in [1.54, 1.807) is 6.92 Å². The van der Waals surface area contributed by atoms with Gasteiger partial charge in [0.15, 0.2) is 0 Å². The van der Waals surface area contributed by atoms with E-state index in [9.17, 15) is 9.90 Å². The molecular weight excluding hydrogens is 246 g/mol. The Bertz CT molecular complexity index is 534. The number of hydrogen-bond acceptors (Lipinski definition) is 3. The van der Waals surface area contributed by atoms with Gasteiger partial charge in [0.2, 0.25) is 5.95 Å². The summed E-state index contributed by atoms with van der Waals surface area (Å²) in [4.78, 5) is 19.7. The molecule has 2 N–H and O–H groups in total. The maximum atomic E-state index is 11.4. The van der Waals surface area contributed by atoms with Gasteiger partial charge in [-0.05, 0) is 25.5 Å². The zero-order chi connectivity index (χ0) is 13.8. The van der Waals surface area contributed by atoms with Crippen molar-refractivity contribution in [2.75, 3.05) is 11.5 Å². The van der Waals surface area contributed by atoms with Crippen LogP contribution in [-0.4, -0.2) is 34.0 Å². The monoisotopic (exact) mass is 263 g/mol. The number of para-hydroxylation sites is 2. The molecule has 1 aromatic carbocycles. The van der Waals surface area contributed by atoms with E-state index in [1.165, 1.54) is 0 Å². The Labute approximate surface area is 111 Å². The first-order chi connectivity index (χ1) is 9.13. The highest BCUT2D eigenvalue weighted by atomic mass is 16.5. The van der Waals surface area contributed by atoms with E-state index >= 15 is 0 Å². The summed E-state index contributed by atoms with van der Waals surface area (Å²) in [6.07, 6.45) is -0.849. The summed E-state index contributed by atoms with van der Waals surface area (Å²) in [5.74, 6) is 0.275. The molecule has 1 unspecified atom stereocenters. The lowest BCUT2D eigenvalue weighted by atomic mass is 10.3. The van der Waals surface area contributed by atoms with Crippen molar-refractivity contribution in [3.63, 3.8) is 0 Å². The standard InChI is InChI=1S/C13H17N3O3/c1-3-8-19-9(2)16(13(17)18)12-14-10-6-4-5-7-11(10)15-12/h4-7,9H,3,8H2,1-2H3,(H,14,15)(H,17,18). The van der Waals surface area contributed by atoms with Crippen LogP contribution in [0.5, 0.6) is 0 Å². The van der Waals surface area contributed by atoms with Gasteiger partial charge in [0.25, 0.3) is 0 Å². The summed E-state index contributed by atoms with van der Waals surface area (Å²) in [5, 5.41) is 9.31. The number of benzene rings is 1. The van der Waals surface area contributed by atoms with Gasteiger partial charge in [0.1, 0.15) is 6.23 Å². The third-order valence-electron chi connectivity index (χ3n) is 2.74. The minimum atomic E-state index is -1.09. The number of aromatic nitrogens is 2. The molecular formula is C13H17N3O3. The molecule has 0 aliphatic rings. The molecule has 1 atom stereocenters. The summed E-state index contributed by atoms with van der Waals surface area (Å²) in [7, 11) is 0. The Hall–Kier alpha value is -2.08. The number of carbonyl (C=O) groups is 1. The van der Waals surface area contributed by atoms with Crippen LogP contribution in [-0.2, 0) is 4.74 Å². The van der Waals surface area contributed by atoms with Crippen LogP contribution in [0.1, 0.15) is 20.3 Å². The summed E-state index contributed by atoms with van der Waals surface area (Å²) in [6.45, 7) is 4.17. The second-order valence-corrected chi connectivity index (χ2v) is 4.20. The van der Waals surface area contributed by atoms with Crippen molar-refractivity contribution in [1.29, 1.82) is 0 Å². The van der Waals surface area contributed by atoms with Gasteiger partial charge < -0.3 is 14.8 Å². The van der Waals surface area contributed by atoms with Crippen LogP contribution in [0.15, 0.2) is 24.3 Å². The smallest absolute Gasteiger partial charge is 0.416 e. The second kappa shape index (κ2) is 5.71. The Morgan fingerprint density at radius 1 is 1.53 bits per heavy atom. The van der Waals surface area contributed by atoms with Crippen LogP contribution in [0.4, 0.5) is 10.7 Å². The molecule has 0 fully saturated rings. The lowest BCUT2D eigenvalue weighted by Gasteiger charge is -2.23. The molecule has 0 saturated carbocycles. The fraction of sp³-hybridized carbons (Fsp3) is 0.385. The molecule has 2 rings (SSSR count). The van der Waals surface area contributed by atoms with Crippen molar-refractivity contribution < 1.29 is 14.6 Å².